The van der Waals surface area contributed by atoms with Crippen LogP contribution in [0.1, 0.15) is 118 Å². The maximum atomic E-state index is 13.9. The Hall–Kier alpha value is -3.18. The summed E-state index contributed by atoms with van der Waals surface area (Å²) < 4.78 is 5.45. The summed E-state index contributed by atoms with van der Waals surface area (Å²) in [4.78, 5) is 79.7. The summed E-state index contributed by atoms with van der Waals surface area (Å²) in [5.41, 5.74) is -0.730. The quantitative estimate of drug-likeness (QED) is 0.244. The van der Waals surface area contributed by atoms with Crippen molar-refractivity contribution in [3.63, 3.8) is 0 Å². The minimum Gasteiger partial charge on any atom is -0.444 e. The fourth-order valence-corrected chi connectivity index (χ4v) is 6.52. The molecule has 5 amide bonds. The number of ketones is 1. The third-order valence-electron chi connectivity index (χ3n) is 8.71. The van der Waals surface area contributed by atoms with E-state index in [0.717, 1.165) is 64.2 Å². The molecule has 12 nitrogen and oxygen atoms in total. The molecule has 1 saturated heterocycles. The van der Waals surface area contributed by atoms with E-state index in [9.17, 15) is 28.8 Å². The van der Waals surface area contributed by atoms with E-state index < -0.39 is 47.4 Å². The van der Waals surface area contributed by atoms with Crippen LogP contribution in [0.25, 0.3) is 0 Å². The van der Waals surface area contributed by atoms with E-state index in [1.165, 1.54) is 4.90 Å². The minimum atomic E-state index is -1.08. The number of nitrogens with one attached hydrogen (secondary N) is 4. The predicted molar refractivity (Wildman–Crippen MR) is 164 cm³/mol. The van der Waals surface area contributed by atoms with Crippen LogP contribution in [-0.4, -0.2) is 83.3 Å². The van der Waals surface area contributed by atoms with Crippen LogP contribution in [0.3, 0.4) is 0 Å². The van der Waals surface area contributed by atoms with Crippen molar-refractivity contribution in [1.82, 2.24) is 26.2 Å². The Bertz CT molecular complexity index is 1030. The fourth-order valence-electron chi connectivity index (χ4n) is 6.52. The molecule has 2 saturated carbocycles. The summed E-state index contributed by atoms with van der Waals surface area (Å²) in [6.45, 7) is 7.14. The zero-order valence-electron chi connectivity index (χ0n) is 27.0. The Morgan fingerprint density at radius 1 is 0.841 bits per heavy atom. The Morgan fingerprint density at radius 3 is 2.09 bits per heavy atom. The molecule has 0 bridgehead atoms. The number of hydrogen-bond acceptors (Lipinski definition) is 7. The Balaban J connectivity index is 1.62. The monoisotopic (exact) mass is 619 g/mol. The van der Waals surface area contributed by atoms with Crippen LogP contribution in [-0.2, 0) is 28.7 Å². The third kappa shape index (κ3) is 10.8. The van der Waals surface area contributed by atoms with Gasteiger partial charge in [-0.3, -0.25) is 24.0 Å². The maximum Gasteiger partial charge on any atom is 0.408 e. The number of ether oxygens (including phenoxy) is 1. The van der Waals surface area contributed by atoms with Crippen molar-refractivity contribution in [2.45, 2.75) is 147 Å². The second-order valence-electron chi connectivity index (χ2n) is 13.5. The highest BCUT2D eigenvalue weighted by Gasteiger charge is 2.42. The first-order valence-electron chi connectivity index (χ1n) is 16.6. The van der Waals surface area contributed by atoms with E-state index in [-0.39, 0.29) is 36.7 Å². The normalized spacial score (nSPS) is 21.1. The van der Waals surface area contributed by atoms with E-state index in [1.54, 1.807) is 20.8 Å². The number of carbonyl (C=O) groups excluding carboxylic acids is 6. The van der Waals surface area contributed by atoms with Gasteiger partial charge in [-0.05, 0) is 71.6 Å². The minimum absolute atomic E-state index is 0.0680. The smallest absolute Gasteiger partial charge is 0.408 e. The largest absolute Gasteiger partial charge is 0.444 e. The number of rotatable bonds is 12. The number of nitrogens with zero attached hydrogens (tertiary/aromatic N) is 1. The Morgan fingerprint density at radius 2 is 1.48 bits per heavy atom. The molecule has 3 rings (SSSR count). The van der Waals surface area contributed by atoms with Gasteiger partial charge < -0.3 is 30.9 Å². The first kappa shape index (κ1) is 35.3. The summed E-state index contributed by atoms with van der Waals surface area (Å²) in [6.07, 6.45) is 10.7. The molecule has 0 aromatic rings. The SMILES string of the molecule is CCCC(NC(=O)[C@@H]1CCCN1C(=O)C(NC(=O)OC(C)(C)C)C1CCCCC1)C(=O)C(=O)NCC(=O)NC1CCCCC1. The third-order valence-corrected chi connectivity index (χ3v) is 8.71. The van der Waals surface area contributed by atoms with Crippen LogP contribution in [0, 0.1) is 5.92 Å². The van der Waals surface area contributed by atoms with Crippen molar-refractivity contribution in [3.8, 4) is 0 Å². The molecule has 248 valence electrons. The van der Waals surface area contributed by atoms with Crippen molar-refractivity contribution < 1.29 is 33.5 Å². The van der Waals surface area contributed by atoms with Crippen molar-refractivity contribution >= 4 is 35.5 Å². The lowest BCUT2D eigenvalue weighted by atomic mass is 9.83. The molecular formula is C32H53N5O7. The zero-order valence-corrected chi connectivity index (χ0v) is 27.0. The number of hydrogen-bond donors (Lipinski definition) is 4. The summed E-state index contributed by atoms with van der Waals surface area (Å²) in [6, 6.07) is -2.65. The summed E-state index contributed by atoms with van der Waals surface area (Å²) in [5.74, 6) is -3.01. The van der Waals surface area contributed by atoms with Gasteiger partial charge in [-0.2, -0.15) is 0 Å². The molecule has 3 aliphatic rings. The molecule has 1 aliphatic heterocycles. The van der Waals surface area contributed by atoms with Gasteiger partial charge in [0.2, 0.25) is 23.5 Å². The Kier molecular flexibility index (Phi) is 13.5. The molecule has 2 aliphatic carbocycles. The van der Waals surface area contributed by atoms with Crippen LogP contribution in [0.2, 0.25) is 0 Å². The van der Waals surface area contributed by atoms with Crippen LogP contribution in [0.5, 0.6) is 0 Å². The van der Waals surface area contributed by atoms with Gasteiger partial charge in [0.05, 0.1) is 12.6 Å². The van der Waals surface area contributed by atoms with E-state index >= 15 is 0 Å². The maximum absolute atomic E-state index is 13.9. The van der Waals surface area contributed by atoms with Crippen LogP contribution in [0.4, 0.5) is 4.79 Å². The first-order valence-corrected chi connectivity index (χ1v) is 16.6. The van der Waals surface area contributed by atoms with Crippen LogP contribution < -0.4 is 21.3 Å². The summed E-state index contributed by atoms with van der Waals surface area (Å²) in [7, 11) is 0. The van der Waals surface area contributed by atoms with Crippen molar-refractivity contribution in [3.05, 3.63) is 0 Å². The molecule has 0 aromatic carbocycles. The molecule has 2 unspecified atom stereocenters. The molecule has 3 fully saturated rings. The van der Waals surface area contributed by atoms with Crippen LogP contribution in [0.15, 0.2) is 0 Å². The number of alkyl carbamates (subject to hydrolysis) is 1. The first-order chi connectivity index (χ1) is 20.9. The summed E-state index contributed by atoms with van der Waals surface area (Å²) in [5, 5.41) is 10.8. The fraction of sp³-hybridized carbons (Fsp3) is 0.812. The van der Waals surface area contributed by atoms with Crippen LogP contribution >= 0.6 is 0 Å². The van der Waals surface area contributed by atoms with Gasteiger partial charge in [-0.1, -0.05) is 51.9 Å². The second-order valence-corrected chi connectivity index (χ2v) is 13.5. The molecule has 3 atom stereocenters. The van der Waals surface area contributed by atoms with E-state index in [2.05, 4.69) is 21.3 Å². The van der Waals surface area contributed by atoms with Gasteiger partial charge in [0.25, 0.3) is 5.91 Å². The van der Waals surface area contributed by atoms with E-state index in [4.69, 9.17) is 4.74 Å². The van der Waals surface area contributed by atoms with Gasteiger partial charge in [0.15, 0.2) is 0 Å². The van der Waals surface area contributed by atoms with Crippen molar-refractivity contribution in [2.75, 3.05) is 13.1 Å². The van der Waals surface area contributed by atoms with E-state index in [0.29, 0.717) is 25.8 Å². The highest BCUT2D eigenvalue weighted by atomic mass is 16.6. The summed E-state index contributed by atoms with van der Waals surface area (Å²) >= 11 is 0. The molecule has 0 radical (unpaired) electrons. The highest BCUT2D eigenvalue weighted by Crippen LogP contribution is 2.30. The van der Waals surface area contributed by atoms with Crippen molar-refractivity contribution in [2.24, 2.45) is 5.92 Å². The van der Waals surface area contributed by atoms with Gasteiger partial charge >= 0.3 is 6.09 Å². The number of likely N-dealkylation sites (tertiary alicyclic amines) is 1. The molecule has 4 N–H and O–H groups in total. The average molecular weight is 620 g/mol. The van der Waals surface area contributed by atoms with Gasteiger partial charge in [0.1, 0.15) is 17.7 Å². The topological polar surface area (TPSA) is 163 Å². The number of carbonyl (C=O) groups is 6. The lowest BCUT2D eigenvalue weighted by Crippen LogP contribution is -2.58. The molecule has 1 heterocycles. The Labute approximate surface area is 261 Å². The van der Waals surface area contributed by atoms with Gasteiger partial charge in [0, 0.05) is 12.6 Å². The zero-order chi connectivity index (χ0) is 32.3. The highest BCUT2D eigenvalue weighted by molar-refractivity contribution is 6.38. The number of amides is 5. The van der Waals surface area contributed by atoms with Gasteiger partial charge in [-0.25, -0.2) is 4.79 Å². The predicted octanol–water partition coefficient (Wildman–Crippen LogP) is 2.87. The molecule has 44 heavy (non-hydrogen) atoms. The molecule has 12 heteroatoms. The molecular weight excluding hydrogens is 566 g/mol. The lowest BCUT2D eigenvalue weighted by molar-refractivity contribution is -0.143. The second kappa shape index (κ2) is 16.8. The van der Waals surface area contributed by atoms with Gasteiger partial charge in [-0.15, -0.1) is 0 Å². The number of Topliss-reactive ketones (excluding diaryl/α,β-unsaturated/α-hetero) is 1. The molecule has 0 spiro atoms. The van der Waals surface area contributed by atoms with Crippen molar-refractivity contribution in [1.29, 1.82) is 0 Å². The standard InChI is InChI=1S/C32H53N5O7/c1-5-13-23(27(39)29(41)33-20-25(38)34-22-16-10-7-11-17-22)35-28(40)24-18-12-19-37(24)30(42)26(21-14-8-6-9-15-21)36-31(43)44-32(2,3)4/h21-24,26H,5-20H2,1-4H3,(H,33,41)(H,34,38)(H,35,40)(H,36,43)/t23?,24-,26?/m0/s1. The van der Waals surface area contributed by atoms with E-state index in [1.807, 2.05) is 6.92 Å². The average Bonchev–Trinajstić information content (AvgIpc) is 3.48. The lowest BCUT2D eigenvalue weighted by Gasteiger charge is -2.35. The molecule has 0 aromatic heterocycles.